The van der Waals surface area contributed by atoms with E-state index in [9.17, 15) is 14.6 Å². The van der Waals surface area contributed by atoms with Crippen molar-refractivity contribution in [2.45, 2.75) is 26.1 Å². The molecule has 16 heavy (non-hydrogen) atoms. The molecule has 0 aliphatic heterocycles. The summed E-state index contributed by atoms with van der Waals surface area (Å²) in [6.07, 6.45) is -2.10. The van der Waals surface area contributed by atoms with Gasteiger partial charge in [0.15, 0.2) is 0 Å². The summed E-state index contributed by atoms with van der Waals surface area (Å²) in [4.78, 5) is 0. The number of rotatable bonds is 4. The Morgan fingerprint density at radius 3 is 2.38 bits per heavy atom. The molecule has 2 unspecified atom stereocenters. The largest absolute Gasteiger partial charge is 0.496 e. The van der Waals surface area contributed by atoms with Crippen molar-refractivity contribution in [2.24, 2.45) is 5.92 Å². The van der Waals surface area contributed by atoms with Crippen LogP contribution >= 0.6 is 0 Å². The standard InChI is InChI=1S/C12H17FO3/c1-7(2)11(14)12(15)9-6-8(13)4-5-10(9)16-3/h4-7,11-12,14-15H,1-3H3. The molecule has 0 saturated heterocycles. The quantitative estimate of drug-likeness (QED) is 0.827. The maximum absolute atomic E-state index is 13.1. The van der Waals surface area contributed by atoms with E-state index in [4.69, 9.17) is 4.74 Å². The topological polar surface area (TPSA) is 49.7 Å². The average Bonchev–Trinajstić information content (AvgIpc) is 2.26. The summed E-state index contributed by atoms with van der Waals surface area (Å²) in [5.74, 6) is -0.220. The number of aliphatic hydroxyl groups is 2. The molecule has 3 nitrogen and oxygen atoms in total. The molecule has 2 atom stereocenters. The second-order valence-electron chi connectivity index (χ2n) is 4.07. The van der Waals surface area contributed by atoms with Crippen LogP contribution in [0, 0.1) is 11.7 Å². The summed E-state index contributed by atoms with van der Waals surface area (Å²) in [7, 11) is 1.44. The highest BCUT2D eigenvalue weighted by atomic mass is 19.1. The van der Waals surface area contributed by atoms with Gasteiger partial charge in [0.25, 0.3) is 0 Å². The third-order valence-corrected chi connectivity index (χ3v) is 2.52. The molecule has 4 heteroatoms. The minimum atomic E-state index is -1.15. The Bertz CT molecular complexity index is 352. The van der Waals surface area contributed by atoms with E-state index in [1.807, 2.05) is 0 Å². The zero-order valence-corrected chi connectivity index (χ0v) is 9.64. The predicted octanol–water partition coefficient (Wildman–Crippen LogP) is 1.88. The van der Waals surface area contributed by atoms with Gasteiger partial charge in [-0.2, -0.15) is 0 Å². The van der Waals surface area contributed by atoms with E-state index < -0.39 is 18.0 Å². The number of hydrogen-bond donors (Lipinski definition) is 2. The molecule has 0 spiro atoms. The molecule has 0 aromatic heterocycles. The molecule has 0 heterocycles. The van der Waals surface area contributed by atoms with Crippen LogP contribution in [-0.4, -0.2) is 23.4 Å². The molecular formula is C12H17FO3. The SMILES string of the molecule is COc1ccc(F)cc1C(O)C(O)C(C)C. The number of hydrogen-bond acceptors (Lipinski definition) is 3. The molecule has 0 radical (unpaired) electrons. The maximum atomic E-state index is 13.1. The van der Waals surface area contributed by atoms with E-state index in [2.05, 4.69) is 0 Å². The van der Waals surface area contributed by atoms with Crippen LogP contribution in [-0.2, 0) is 0 Å². The number of aliphatic hydroxyl groups excluding tert-OH is 2. The first kappa shape index (κ1) is 12.9. The van der Waals surface area contributed by atoms with Crippen LogP contribution in [0.2, 0.25) is 0 Å². The van der Waals surface area contributed by atoms with Gasteiger partial charge in [-0.1, -0.05) is 13.8 Å². The van der Waals surface area contributed by atoms with Crippen LogP contribution in [0.25, 0.3) is 0 Å². The lowest BCUT2D eigenvalue weighted by Crippen LogP contribution is -2.24. The van der Waals surface area contributed by atoms with Gasteiger partial charge in [-0.15, -0.1) is 0 Å². The van der Waals surface area contributed by atoms with Gasteiger partial charge in [-0.3, -0.25) is 0 Å². The molecule has 90 valence electrons. The van der Waals surface area contributed by atoms with Gasteiger partial charge in [-0.25, -0.2) is 4.39 Å². The summed E-state index contributed by atoms with van der Waals surface area (Å²) in [6, 6.07) is 3.85. The van der Waals surface area contributed by atoms with Gasteiger partial charge >= 0.3 is 0 Å². The first-order chi connectivity index (χ1) is 7.47. The van der Waals surface area contributed by atoms with E-state index in [-0.39, 0.29) is 11.5 Å². The van der Waals surface area contributed by atoms with E-state index in [1.54, 1.807) is 13.8 Å². The van der Waals surface area contributed by atoms with Crippen LogP contribution in [0.1, 0.15) is 25.5 Å². The van der Waals surface area contributed by atoms with Crippen LogP contribution in [0.3, 0.4) is 0 Å². The van der Waals surface area contributed by atoms with Crippen molar-refractivity contribution in [1.82, 2.24) is 0 Å². The first-order valence-corrected chi connectivity index (χ1v) is 5.17. The third-order valence-electron chi connectivity index (χ3n) is 2.52. The molecule has 1 aromatic rings. The van der Waals surface area contributed by atoms with Gasteiger partial charge in [0.2, 0.25) is 0 Å². The van der Waals surface area contributed by atoms with Crippen LogP contribution < -0.4 is 4.74 Å². The van der Waals surface area contributed by atoms with E-state index in [1.165, 1.54) is 25.3 Å². The van der Waals surface area contributed by atoms with Crippen molar-refractivity contribution in [2.75, 3.05) is 7.11 Å². The Hall–Kier alpha value is -1.13. The smallest absolute Gasteiger partial charge is 0.124 e. The van der Waals surface area contributed by atoms with Gasteiger partial charge in [-0.05, 0) is 24.1 Å². The highest BCUT2D eigenvalue weighted by Crippen LogP contribution is 2.30. The van der Waals surface area contributed by atoms with Crippen molar-refractivity contribution in [3.8, 4) is 5.75 Å². The summed E-state index contributed by atoms with van der Waals surface area (Å²) in [5.41, 5.74) is 0.267. The zero-order valence-electron chi connectivity index (χ0n) is 9.64. The number of methoxy groups -OCH3 is 1. The number of ether oxygens (including phenoxy) is 1. The number of benzene rings is 1. The lowest BCUT2D eigenvalue weighted by Gasteiger charge is -2.22. The van der Waals surface area contributed by atoms with Gasteiger partial charge in [0, 0.05) is 5.56 Å². The molecule has 0 bridgehead atoms. The van der Waals surface area contributed by atoms with Gasteiger partial charge < -0.3 is 14.9 Å². The van der Waals surface area contributed by atoms with Gasteiger partial charge in [0.05, 0.1) is 13.2 Å². The molecule has 0 amide bonds. The van der Waals surface area contributed by atoms with Crippen molar-refractivity contribution >= 4 is 0 Å². The normalized spacial score (nSPS) is 14.9. The fourth-order valence-corrected chi connectivity index (χ4v) is 1.48. The maximum Gasteiger partial charge on any atom is 0.124 e. The Morgan fingerprint density at radius 1 is 1.25 bits per heavy atom. The highest BCUT2D eigenvalue weighted by molar-refractivity contribution is 5.36. The van der Waals surface area contributed by atoms with E-state index in [0.29, 0.717) is 5.75 Å². The van der Waals surface area contributed by atoms with Crippen LogP contribution in [0.4, 0.5) is 4.39 Å². The first-order valence-electron chi connectivity index (χ1n) is 5.17. The molecule has 1 aromatic carbocycles. The predicted molar refractivity (Wildman–Crippen MR) is 58.8 cm³/mol. The van der Waals surface area contributed by atoms with Crippen molar-refractivity contribution in [3.63, 3.8) is 0 Å². The Kier molecular flexibility index (Phi) is 4.26. The fraction of sp³-hybridized carbons (Fsp3) is 0.500. The minimum absolute atomic E-state index is 0.122. The Morgan fingerprint density at radius 2 is 1.88 bits per heavy atom. The molecule has 1 rings (SSSR count). The molecule has 2 N–H and O–H groups in total. The molecule has 0 aliphatic carbocycles. The summed E-state index contributed by atoms with van der Waals surface area (Å²) < 4.78 is 18.1. The van der Waals surface area contributed by atoms with E-state index in [0.717, 1.165) is 0 Å². The number of halogens is 1. The second kappa shape index (κ2) is 5.27. The van der Waals surface area contributed by atoms with Crippen molar-refractivity contribution in [3.05, 3.63) is 29.6 Å². The Balaban J connectivity index is 3.05. The highest BCUT2D eigenvalue weighted by Gasteiger charge is 2.24. The van der Waals surface area contributed by atoms with E-state index >= 15 is 0 Å². The molecule has 0 fully saturated rings. The zero-order chi connectivity index (χ0) is 12.3. The fourth-order valence-electron chi connectivity index (χ4n) is 1.48. The van der Waals surface area contributed by atoms with Crippen molar-refractivity contribution in [1.29, 1.82) is 0 Å². The Labute approximate surface area is 94.5 Å². The second-order valence-corrected chi connectivity index (χ2v) is 4.07. The minimum Gasteiger partial charge on any atom is -0.496 e. The van der Waals surface area contributed by atoms with Crippen molar-refractivity contribution < 1.29 is 19.3 Å². The molecular weight excluding hydrogens is 211 g/mol. The van der Waals surface area contributed by atoms with Crippen LogP contribution in [0.5, 0.6) is 5.75 Å². The summed E-state index contributed by atoms with van der Waals surface area (Å²) in [6.45, 7) is 3.55. The average molecular weight is 228 g/mol. The van der Waals surface area contributed by atoms with Gasteiger partial charge in [0.1, 0.15) is 17.7 Å². The molecule has 0 saturated carbocycles. The monoisotopic (exact) mass is 228 g/mol. The lowest BCUT2D eigenvalue weighted by molar-refractivity contribution is -0.0106. The summed E-state index contributed by atoms with van der Waals surface area (Å²) in [5, 5.41) is 19.6. The van der Waals surface area contributed by atoms with Crippen LogP contribution in [0.15, 0.2) is 18.2 Å². The third kappa shape index (κ3) is 2.71. The molecule has 0 aliphatic rings. The lowest BCUT2D eigenvalue weighted by atomic mass is 9.95. The summed E-state index contributed by atoms with van der Waals surface area (Å²) >= 11 is 0.